The van der Waals surface area contributed by atoms with Gasteiger partial charge in [0.2, 0.25) is 65.0 Å². The van der Waals surface area contributed by atoms with Gasteiger partial charge >= 0.3 is 0 Å². The van der Waals surface area contributed by atoms with E-state index in [9.17, 15) is 53.4 Å². The van der Waals surface area contributed by atoms with Crippen LogP contribution in [0.3, 0.4) is 0 Å². The molecule has 8 rings (SSSR count). The van der Waals surface area contributed by atoms with Crippen LogP contribution in [0, 0.1) is 5.92 Å². The van der Waals surface area contributed by atoms with Gasteiger partial charge in [-0.25, -0.2) is 0 Å². The van der Waals surface area contributed by atoms with Crippen LogP contribution in [0.15, 0.2) is 127 Å². The standard InChI is InChI=1S/C70H87ClN16O13/c1-39(2)30-59(67(98)79-51(16-9-27-75-70(73)74)69(100)87-29-11-17-57(87)65(96)78-37-60(72)91)85(4)68(99)55(34-44-36-77-50-15-8-6-13-48(44)50)83-62(93)52(32-42-21-25-46(90)26-22-42)80-64(95)56(38-88)84-63(94)54(33-43-35-76-49-14-7-5-12-47(43)49)81-61(92)53(31-41-19-23-45(71)24-20-41)82-66(97)58-18-10-28-86(58)40(3)89/h5-8,10,12-15,18-26,35-36,39,51-59,76-77,88,90H,9,11,16-17,27-34,37-38H2,1-4H3,(H2,72,91)(H,78,96)(H,79,98)(H,80,95)(H,81,92)(H,82,97)(H,83,93)(H,84,94)(H4,73,74,75)/t51-,52-,53+,54+,55+,56-,57-,58-,59-/m0/s1. The number of halogens is 1. The Morgan fingerprint density at radius 3 is 1.73 bits per heavy atom. The average Bonchev–Trinajstić information content (AvgIpc) is 1.53. The molecule has 30 heteroatoms. The molecule has 4 aromatic carbocycles. The number of aromatic amines is 2. The minimum Gasteiger partial charge on any atom is -0.508 e. The largest absolute Gasteiger partial charge is 0.508 e. The first-order valence-electron chi connectivity index (χ1n) is 33.0. The molecule has 1 fully saturated rings. The number of phenols is 1. The van der Waals surface area contributed by atoms with Gasteiger partial charge < -0.3 is 89.3 Å². The van der Waals surface area contributed by atoms with Crippen LogP contribution in [0.4, 0.5) is 0 Å². The number of guanidine groups is 1. The van der Waals surface area contributed by atoms with Crippen molar-refractivity contribution >= 4 is 104 Å². The maximum atomic E-state index is 15.5. The van der Waals surface area contributed by atoms with E-state index in [0.29, 0.717) is 55.5 Å². The fraction of sp³-hybridized carbons (Fsp3) is 0.400. The molecule has 2 aromatic heterocycles. The van der Waals surface area contributed by atoms with Gasteiger partial charge in [-0.3, -0.25) is 57.7 Å². The first-order valence-corrected chi connectivity index (χ1v) is 33.3. The summed E-state index contributed by atoms with van der Waals surface area (Å²) in [5, 5.41) is 42.0. The summed E-state index contributed by atoms with van der Waals surface area (Å²) in [7, 11) is 1.38. The Labute approximate surface area is 582 Å². The van der Waals surface area contributed by atoms with Crippen molar-refractivity contribution in [2.45, 2.75) is 133 Å². The lowest BCUT2D eigenvalue weighted by Gasteiger charge is -2.34. The topological polar surface area (TPSA) is 444 Å². The molecule has 0 radical (unpaired) electrons. The van der Waals surface area contributed by atoms with Gasteiger partial charge in [0.15, 0.2) is 5.96 Å². The first-order chi connectivity index (χ1) is 47.8. The molecular weight excluding hydrogens is 1310 g/mol. The SMILES string of the molecule is CC(=O)N1CC=C[C@H]1C(=O)N[C@H](Cc1ccc(Cl)cc1)C(=O)N[C@H](Cc1c[nH]c2ccccc12)C(=O)N[C@@H](CO)C(=O)N[C@@H](Cc1ccc(O)cc1)C(=O)N[C@H](Cc1c[nH]c2ccccc12)C(=O)N(C)[C@@H](CC(C)C)C(=O)N[C@@H](CCCN=C(N)N)C(=O)N1CCC[C@H]1C(=O)NCC(N)=O. The summed E-state index contributed by atoms with van der Waals surface area (Å²) in [6, 6.07) is 14.2. The summed E-state index contributed by atoms with van der Waals surface area (Å²) >= 11 is 6.21. The fourth-order valence-electron chi connectivity index (χ4n) is 12.3. The molecule has 17 N–H and O–H groups in total. The summed E-state index contributed by atoms with van der Waals surface area (Å²) in [4.78, 5) is 170. The van der Waals surface area contributed by atoms with Crippen molar-refractivity contribution in [3.8, 4) is 5.75 Å². The molecule has 4 heterocycles. The van der Waals surface area contributed by atoms with Crippen molar-refractivity contribution in [2.75, 3.05) is 39.8 Å². The van der Waals surface area contributed by atoms with Crippen LogP contribution in [-0.2, 0) is 78.4 Å². The zero-order valence-corrected chi connectivity index (χ0v) is 56.8. The number of aromatic hydroxyl groups is 1. The van der Waals surface area contributed by atoms with Gasteiger partial charge in [-0.05, 0) is 96.7 Å². The number of amides is 11. The highest BCUT2D eigenvalue weighted by Crippen LogP contribution is 2.25. The average molecular weight is 1400 g/mol. The number of phenolic OH excluding ortho intramolecular Hbond substituents is 1. The molecule has 100 heavy (non-hydrogen) atoms. The van der Waals surface area contributed by atoms with E-state index < -0.39 is 127 Å². The van der Waals surface area contributed by atoms with Crippen LogP contribution in [0.25, 0.3) is 21.8 Å². The van der Waals surface area contributed by atoms with E-state index in [1.165, 1.54) is 59.0 Å². The van der Waals surface area contributed by atoms with Gasteiger partial charge in [-0.15, -0.1) is 0 Å². The van der Waals surface area contributed by atoms with Crippen LogP contribution >= 0.6 is 11.6 Å². The lowest BCUT2D eigenvalue weighted by molar-refractivity contribution is -0.145. The van der Waals surface area contributed by atoms with Crippen LogP contribution in [0.2, 0.25) is 5.02 Å². The Bertz CT molecular complexity index is 4000. The summed E-state index contributed by atoms with van der Waals surface area (Å²) in [5.41, 5.74) is 20.0. The number of carbonyl (C=O) groups excluding carboxylic acids is 11. The van der Waals surface area contributed by atoms with Gasteiger partial charge in [-0.2, -0.15) is 0 Å². The third kappa shape index (κ3) is 20.2. The van der Waals surface area contributed by atoms with Crippen molar-refractivity contribution in [1.29, 1.82) is 0 Å². The number of aliphatic hydroxyl groups excluding tert-OH is 1. The molecule has 532 valence electrons. The van der Waals surface area contributed by atoms with E-state index >= 15 is 9.59 Å². The number of aromatic nitrogens is 2. The smallest absolute Gasteiger partial charge is 0.247 e. The number of aliphatic hydroxyl groups is 1. The quantitative estimate of drug-likeness (QED) is 0.0115. The number of likely N-dealkylation sites (tertiary alicyclic amines) is 1. The molecular formula is C70H87ClN16O13. The third-order valence-corrected chi connectivity index (χ3v) is 17.8. The Morgan fingerprint density at radius 1 is 0.650 bits per heavy atom. The second-order valence-corrected chi connectivity index (χ2v) is 25.8. The highest BCUT2D eigenvalue weighted by atomic mass is 35.5. The van der Waals surface area contributed by atoms with Crippen molar-refractivity contribution in [3.05, 3.63) is 149 Å². The van der Waals surface area contributed by atoms with Gasteiger partial charge in [0, 0.05) is 98.5 Å². The Morgan fingerprint density at radius 2 is 1.17 bits per heavy atom. The number of nitrogens with two attached hydrogens (primary N) is 3. The normalized spacial score (nSPS) is 16.3. The van der Waals surface area contributed by atoms with E-state index in [-0.39, 0.29) is 94.5 Å². The zero-order valence-electron chi connectivity index (χ0n) is 56.0. The van der Waals surface area contributed by atoms with Gasteiger partial charge in [0.1, 0.15) is 60.1 Å². The maximum absolute atomic E-state index is 15.5. The number of rotatable bonds is 33. The molecule has 0 spiro atoms. The van der Waals surface area contributed by atoms with Crippen LogP contribution in [0.1, 0.15) is 75.1 Å². The van der Waals surface area contributed by atoms with Crippen LogP contribution in [-0.4, -0.2) is 200 Å². The number of fused-ring (bicyclic) bond motifs is 2. The number of H-pyrrole nitrogens is 2. The number of para-hydroxylation sites is 2. The second-order valence-electron chi connectivity index (χ2n) is 25.3. The molecule has 0 unspecified atom stereocenters. The summed E-state index contributed by atoms with van der Waals surface area (Å²) < 4.78 is 0. The molecule has 11 amide bonds. The monoisotopic (exact) mass is 1390 g/mol. The number of aliphatic imine (C=N–C) groups is 1. The molecule has 2 aliphatic heterocycles. The van der Waals surface area contributed by atoms with Gasteiger partial charge in [-0.1, -0.05) is 98.3 Å². The number of primary amides is 1. The molecule has 1 saturated heterocycles. The number of hydrogen-bond donors (Lipinski definition) is 14. The zero-order chi connectivity index (χ0) is 72.3. The predicted octanol–water partition coefficient (Wildman–Crippen LogP) is 0.486. The van der Waals surface area contributed by atoms with E-state index in [1.807, 2.05) is 32.0 Å². The molecule has 29 nitrogen and oxygen atoms in total. The highest BCUT2D eigenvalue weighted by molar-refractivity contribution is 6.30. The lowest BCUT2D eigenvalue weighted by Crippen LogP contribution is -2.62. The molecule has 6 aromatic rings. The number of nitrogens with zero attached hydrogens (tertiary/aromatic N) is 4. The third-order valence-electron chi connectivity index (χ3n) is 17.5. The summed E-state index contributed by atoms with van der Waals surface area (Å²) in [6.45, 7) is 3.83. The lowest BCUT2D eigenvalue weighted by atomic mass is 9.98. The Balaban J connectivity index is 1.08. The molecule has 9 atom stereocenters. The number of hydrogen-bond acceptors (Lipinski definition) is 14. The van der Waals surface area contributed by atoms with Crippen molar-refractivity contribution in [3.63, 3.8) is 0 Å². The molecule has 2 aliphatic rings. The fourth-order valence-corrected chi connectivity index (χ4v) is 12.4. The highest BCUT2D eigenvalue weighted by Gasteiger charge is 2.41. The van der Waals surface area contributed by atoms with E-state index in [0.717, 1.165) is 0 Å². The minimum absolute atomic E-state index is 0.00835. The van der Waals surface area contributed by atoms with Crippen molar-refractivity contribution < 1.29 is 63.0 Å². The van der Waals surface area contributed by atoms with Crippen LogP contribution < -0.4 is 54.4 Å². The van der Waals surface area contributed by atoms with Crippen molar-refractivity contribution in [2.24, 2.45) is 28.1 Å². The number of nitrogens with one attached hydrogen (secondary N) is 9. The Hall–Kier alpha value is -10.8. The minimum atomic E-state index is -1.82. The number of likely N-dealkylation sites (N-methyl/N-ethyl adjacent to an activating group) is 1. The van der Waals surface area contributed by atoms with Gasteiger partial charge in [0.25, 0.3) is 0 Å². The number of carbonyl (C=O) groups is 11. The van der Waals surface area contributed by atoms with E-state index in [4.69, 9.17) is 28.8 Å². The molecule has 0 bridgehead atoms. The number of benzene rings is 4. The Kier molecular flexibility index (Phi) is 26.3. The summed E-state index contributed by atoms with van der Waals surface area (Å²) in [5.74, 6) is -8.99. The van der Waals surface area contributed by atoms with E-state index in [2.05, 4.69) is 52.2 Å². The maximum Gasteiger partial charge on any atom is 0.247 e. The van der Waals surface area contributed by atoms with Crippen molar-refractivity contribution in [1.82, 2.24) is 61.9 Å². The van der Waals surface area contributed by atoms with Crippen LogP contribution in [0.5, 0.6) is 5.75 Å². The second kappa shape index (κ2) is 35.1. The molecule has 0 aliphatic carbocycles. The predicted molar refractivity (Wildman–Crippen MR) is 373 cm³/mol. The first kappa shape index (κ1) is 75.0. The summed E-state index contributed by atoms with van der Waals surface area (Å²) in [6.07, 6.45) is 6.64. The molecule has 0 saturated carbocycles. The van der Waals surface area contributed by atoms with E-state index in [1.54, 1.807) is 73.1 Å². The van der Waals surface area contributed by atoms with Gasteiger partial charge in [0.05, 0.1) is 13.2 Å².